The Labute approximate surface area is 94.2 Å². The molecule has 0 radical (unpaired) electrons. The van der Waals surface area contributed by atoms with Gasteiger partial charge in [-0.1, -0.05) is 27.7 Å². The summed E-state index contributed by atoms with van der Waals surface area (Å²) >= 11 is 0. The molecule has 0 spiro atoms. The van der Waals surface area contributed by atoms with Crippen molar-refractivity contribution in [3.8, 4) is 0 Å². The highest BCUT2D eigenvalue weighted by atomic mass is 19.4. The van der Waals surface area contributed by atoms with E-state index in [9.17, 15) is 18.0 Å². The third kappa shape index (κ3) is 3.68. The van der Waals surface area contributed by atoms with Gasteiger partial charge in [-0.3, -0.25) is 4.79 Å². The summed E-state index contributed by atoms with van der Waals surface area (Å²) < 4.78 is 40.1. The molecule has 0 aliphatic heterocycles. The highest BCUT2D eigenvalue weighted by Crippen LogP contribution is 2.42. The summed E-state index contributed by atoms with van der Waals surface area (Å²) in [5.74, 6) is -0.792. The van der Waals surface area contributed by atoms with E-state index in [4.69, 9.17) is 0 Å². The lowest BCUT2D eigenvalue weighted by atomic mass is 9.66. The molecular formula is C11H19F3O2. The normalized spacial score (nSPS) is 16.8. The first-order valence-electron chi connectivity index (χ1n) is 5.18. The summed E-state index contributed by atoms with van der Waals surface area (Å²) in [6, 6.07) is 0. The van der Waals surface area contributed by atoms with Crippen LogP contribution in [-0.2, 0) is 9.53 Å². The molecule has 1 atom stereocenters. The van der Waals surface area contributed by atoms with Gasteiger partial charge in [0.15, 0.2) is 6.61 Å². The number of alkyl halides is 3. The first-order valence-corrected chi connectivity index (χ1v) is 5.18. The molecule has 0 rings (SSSR count). The number of rotatable bonds is 3. The van der Waals surface area contributed by atoms with Gasteiger partial charge in [-0.2, -0.15) is 13.2 Å². The standard InChI is InChI=1S/C11H19F3O2/c1-6-10(5,9(2,3)4)8(15)16-7-11(12,13)14/h6-7H2,1-5H3. The lowest BCUT2D eigenvalue weighted by Gasteiger charge is -2.38. The van der Waals surface area contributed by atoms with E-state index >= 15 is 0 Å². The minimum atomic E-state index is -4.47. The molecule has 0 saturated carbocycles. The molecule has 0 saturated heterocycles. The van der Waals surface area contributed by atoms with E-state index in [1.54, 1.807) is 13.8 Å². The molecule has 0 aromatic carbocycles. The molecular weight excluding hydrogens is 221 g/mol. The van der Waals surface area contributed by atoms with Crippen LogP contribution in [0.1, 0.15) is 41.0 Å². The summed E-state index contributed by atoms with van der Waals surface area (Å²) in [6.45, 7) is 7.31. The number of hydrogen-bond acceptors (Lipinski definition) is 2. The average molecular weight is 240 g/mol. The molecule has 0 amide bonds. The van der Waals surface area contributed by atoms with Crippen molar-refractivity contribution in [1.82, 2.24) is 0 Å². The van der Waals surface area contributed by atoms with Gasteiger partial charge in [0.05, 0.1) is 5.41 Å². The minimum Gasteiger partial charge on any atom is -0.456 e. The van der Waals surface area contributed by atoms with Crippen molar-refractivity contribution in [2.45, 2.75) is 47.2 Å². The lowest BCUT2D eigenvalue weighted by Crippen LogP contribution is -2.42. The maximum Gasteiger partial charge on any atom is 0.422 e. The van der Waals surface area contributed by atoms with Gasteiger partial charge in [0.25, 0.3) is 0 Å². The van der Waals surface area contributed by atoms with Crippen molar-refractivity contribution >= 4 is 5.97 Å². The molecule has 96 valence electrons. The summed E-state index contributed by atoms with van der Waals surface area (Å²) in [4.78, 5) is 11.7. The molecule has 0 aliphatic rings. The zero-order chi connectivity index (χ0) is 13.2. The fourth-order valence-electron chi connectivity index (χ4n) is 1.29. The van der Waals surface area contributed by atoms with Gasteiger partial charge >= 0.3 is 12.1 Å². The highest BCUT2D eigenvalue weighted by molar-refractivity contribution is 5.77. The van der Waals surface area contributed by atoms with Crippen LogP contribution >= 0.6 is 0 Å². The second-order valence-corrected chi connectivity index (χ2v) is 5.13. The van der Waals surface area contributed by atoms with E-state index in [0.717, 1.165) is 0 Å². The quantitative estimate of drug-likeness (QED) is 0.705. The van der Waals surface area contributed by atoms with Gasteiger partial charge < -0.3 is 4.74 Å². The SMILES string of the molecule is CCC(C)(C(=O)OCC(F)(F)F)C(C)(C)C. The van der Waals surface area contributed by atoms with E-state index in [2.05, 4.69) is 4.74 Å². The van der Waals surface area contributed by atoms with Gasteiger partial charge in [0.2, 0.25) is 0 Å². The third-order valence-electron chi connectivity index (χ3n) is 3.18. The molecule has 1 unspecified atom stereocenters. The number of hydrogen-bond donors (Lipinski definition) is 0. The van der Waals surface area contributed by atoms with E-state index in [-0.39, 0.29) is 0 Å². The Balaban J connectivity index is 4.69. The van der Waals surface area contributed by atoms with Gasteiger partial charge in [-0.25, -0.2) is 0 Å². The van der Waals surface area contributed by atoms with Crippen molar-refractivity contribution in [3.63, 3.8) is 0 Å². The zero-order valence-electron chi connectivity index (χ0n) is 10.4. The van der Waals surface area contributed by atoms with Crippen LogP contribution in [0.4, 0.5) is 13.2 Å². The van der Waals surface area contributed by atoms with E-state index in [1.807, 2.05) is 20.8 Å². The van der Waals surface area contributed by atoms with Crippen LogP contribution < -0.4 is 0 Å². The number of halogens is 3. The van der Waals surface area contributed by atoms with Crippen molar-refractivity contribution in [3.05, 3.63) is 0 Å². The molecule has 16 heavy (non-hydrogen) atoms. The van der Waals surface area contributed by atoms with Crippen molar-refractivity contribution < 1.29 is 22.7 Å². The van der Waals surface area contributed by atoms with Crippen LogP contribution in [0.25, 0.3) is 0 Å². The van der Waals surface area contributed by atoms with Crippen molar-refractivity contribution in [2.24, 2.45) is 10.8 Å². The number of ether oxygens (including phenoxy) is 1. The summed E-state index contributed by atoms with van der Waals surface area (Å²) in [5.41, 5.74) is -1.34. The van der Waals surface area contributed by atoms with E-state index < -0.39 is 29.6 Å². The predicted octanol–water partition coefficient (Wildman–Crippen LogP) is 3.55. The molecule has 0 fully saturated rings. The van der Waals surface area contributed by atoms with Gasteiger partial charge in [0.1, 0.15) is 0 Å². The summed E-state index contributed by atoms with van der Waals surface area (Å²) in [7, 11) is 0. The van der Waals surface area contributed by atoms with E-state index in [1.165, 1.54) is 0 Å². The van der Waals surface area contributed by atoms with Crippen LogP contribution in [0.2, 0.25) is 0 Å². The Kier molecular flexibility index (Phi) is 4.42. The van der Waals surface area contributed by atoms with Crippen LogP contribution in [0, 0.1) is 10.8 Å². The monoisotopic (exact) mass is 240 g/mol. The minimum absolute atomic E-state index is 0.438. The molecule has 0 heterocycles. The summed E-state index contributed by atoms with van der Waals surface area (Å²) in [5, 5.41) is 0. The van der Waals surface area contributed by atoms with Crippen molar-refractivity contribution in [2.75, 3.05) is 6.61 Å². The molecule has 0 aromatic heterocycles. The van der Waals surface area contributed by atoms with Crippen LogP contribution in [0.15, 0.2) is 0 Å². The second kappa shape index (κ2) is 4.63. The summed E-state index contributed by atoms with van der Waals surface area (Å²) in [6.07, 6.45) is -4.03. The first kappa shape index (κ1) is 15.3. The largest absolute Gasteiger partial charge is 0.456 e. The molecule has 2 nitrogen and oxygen atoms in total. The van der Waals surface area contributed by atoms with Gasteiger partial charge in [0, 0.05) is 0 Å². The third-order valence-corrected chi connectivity index (χ3v) is 3.18. The molecule has 0 aromatic rings. The maximum absolute atomic E-state index is 11.9. The average Bonchev–Trinajstić information content (AvgIpc) is 2.09. The Morgan fingerprint density at radius 2 is 1.56 bits per heavy atom. The molecule has 0 N–H and O–H groups in total. The maximum atomic E-state index is 11.9. The fourth-order valence-corrected chi connectivity index (χ4v) is 1.29. The second-order valence-electron chi connectivity index (χ2n) is 5.13. The number of esters is 1. The van der Waals surface area contributed by atoms with Gasteiger partial charge in [-0.15, -0.1) is 0 Å². The topological polar surface area (TPSA) is 26.3 Å². The van der Waals surface area contributed by atoms with Crippen LogP contribution in [0.3, 0.4) is 0 Å². The number of carbonyl (C=O) groups is 1. The fraction of sp³-hybridized carbons (Fsp3) is 0.909. The zero-order valence-corrected chi connectivity index (χ0v) is 10.4. The molecule has 0 bridgehead atoms. The smallest absolute Gasteiger partial charge is 0.422 e. The molecule has 5 heteroatoms. The highest BCUT2D eigenvalue weighted by Gasteiger charge is 2.45. The number of carbonyl (C=O) groups excluding carboxylic acids is 1. The Hall–Kier alpha value is -0.740. The Morgan fingerprint density at radius 1 is 1.12 bits per heavy atom. The predicted molar refractivity (Wildman–Crippen MR) is 54.9 cm³/mol. The van der Waals surface area contributed by atoms with Gasteiger partial charge in [-0.05, 0) is 18.8 Å². The lowest BCUT2D eigenvalue weighted by molar-refractivity contribution is -0.197. The first-order chi connectivity index (χ1) is 6.94. The van der Waals surface area contributed by atoms with E-state index in [0.29, 0.717) is 6.42 Å². The van der Waals surface area contributed by atoms with Crippen LogP contribution in [-0.4, -0.2) is 18.8 Å². The van der Waals surface area contributed by atoms with Crippen LogP contribution in [0.5, 0.6) is 0 Å². The Bertz CT molecular complexity index is 253. The Morgan fingerprint density at radius 3 is 1.81 bits per heavy atom. The molecule has 0 aliphatic carbocycles. The van der Waals surface area contributed by atoms with Crippen molar-refractivity contribution in [1.29, 1.82) is 0 Å².